The van der Waals surface area contributed by atoms with Gasteiger partial charge in [0.05, 0.1) is 18.4 Å². The normalized spacial score (nSPS) is 12.1. The smallest absolute Gasteiger partial charge is 0.145 e. The predicted molar refractivity (Wildman–Crippen MR) is 203 cm³/mol. The van der Waals surface area contributed by atoms with Gasteiger partial charge in [0.1, 0.15) is 11.2 Å². The summed E-state index contributed by atoms with van der Waals surface area (Å²) in [7, 11) is -2.64. The molecule has 0 atom stereocenters. The van der Waals surface area contributed by atoms with Gasteiger partial charge in [0.2, 0.25) is 0 Å². The van der Waals surface area contributed by atoms with E-state index in [1.54, 1.807) is 0 Å². The fourth-order valence-electron chi connectivity index (χ4n) is 6.53. The molecule has 47 heavy (non-hydrogen) atoms. The van der Waals surface area contributed by atoms with Crippen LogP contribution in [-0.2, 0) is 0 Å². The van der Waals surface area contributed by atoms with E-state index in [0.29, 0.717) is 11.8 Å². The summed E-state index contributed by atoms with van der Waals surface area (Å²) in [6.45, 7) is 8.88. The Morgan fingerprint density at radius 2 is 1.02 bits per heavy atom. The van der Waals surface area contributed by atoms with E-state index in [2.05, 4.69) is 167 Å². The zero-order valence-electron chi connectivity index (χ0n) is 27.3. The Hall–Kier alpha value is -4.98. The van der Waals surface area contributed by atoms with Gasteiger partial charge in [0.25, 0.3) is 0 Å². The first kappa shape index (κ1) is 30.7. The largest absolute Gasteiger partial charge is 0.455 e. The van der Waals surface area contributed by atoms with Crippen LogP contribution < -0.4 is 15.9 Å². The predicted octanol–water partition coefficient (Wildman–Crippen LogP) is 11.4. The molecule has 0 unspecified atom stereocenters. The van der Waals surface area contributed by atoms with E-state index in [9.17, 15) is 0 Å². The van der Waals surface area contributed by atoms with Crippen LogP contribution >= 0.6 is 7.05 Å². The molecule has 0 aliphatic rings. The van der Waals surface area contributed by atoms with Crippen LogP contribution in [0.5, 0.6) is 0 Å². The second-order valence-electron chi connectivity index (χ2n) is 12.6. The molecule has 7 aromatic rings. The lowest BCUT2D eigenvalue weighted by Crippen LogP contribution is -2.25. The van der Waals surface area contributed by atoms with Crippen molar-refractivity contribution in [3.63, 3.8) is 0 Å². The van der Waals surface area contributed by atoms with Gasteiger partial charge in [-0.3, -0.25) is 9.74 Å². The van der Waals surface area contributed by atoms with Crippen molar-refractivity contribution >= 4 is 62.5 Å². The van der Waals surface area contributed by atoms with E-state index < -0.39 is 7.05 Å². The third-order valence-electron chi connectivity index (χ3n) is 8.86. The average Bonchev–Trinajstić information content (AvgIpc) is 3.50. The van der Waals surface area contributed by atoms with Crippen LogP contribution in [0.2, 0.25) is 0 Å². The van der Waals surface area contributed by atoms with Crippen LogP contribution in [0.25, 0.3) is 21.9 Å². The van der Waals surface area contributed by atoms with Gasteiger partial charge in [-0.2, -0.15) is 0 Å². The Morgan fingerprint density at radius 3 is 1.64 bits per heavy atom. The van der Waals surface area contributed by atoms with Crippen molar-refractivity contribution in [3.8, 4) is 0 Å². The number of benzene rings is 6. The van der Waals surface area contributed by atoms with Crippen molar-refractivity contribution in [2.45, 2.75) is 39.5 Å². The molecule has 3 nitrogen and oxygen atoms in total. The molecular formula is C43H39N2OP. The highest BCUT2D eigenvalue weighted by atomic mass is 31.2. The zero-order valence-corrected chi connectivity index (χ0v) is 28.2. The SMILES string of the molecule is CC(C)c1ccccc1N=Cc1cccc2c1oc1c(P(=Nc3ccccc3C(C)C)(c3ccccc3)c3ccccc3)cccc12. The molecule has 232 valence electrons. The zero-order chi connectivity index (χ0) is 32.4. The maximum absolute atomic E-state index is 7.02. The Balaban J connectivity index is 1.55. The maximum Gasteiger partial charge on any atom is 0.145 e. The third kappa shape index (κ3) is 5.66. The van der Waals surface area contributed by atoms with Gasteiger partial charge in [-0.25, -0.2) is 0 Å². The van der Waals surface area contributed by atoms with Crippen molar-refractivity contribution in [2.75, 3.05) is 0 Å². The molecule has 1 aromatic heterocycles. The first-order valence-corrected chi connectivity index (χ1v) is 18.1. The van der Waals surface area contributed by atoms with Crippen molar-refractivity contribution in [1.29, 1.82) is 0 Å². The molecule has 0 spiro atoms. The molecule has 6 aromatic carbocycles. The number of aliphatic imine (C=N–C) groups is 1. The molecule has 4 heteroatoms. The second kappa shape index (κ2) is 13.0. The minimum absolute atomic E-state index is 0.327. The lowest BCUT2D eigenvalue weighted by atomic mass is 10.0. The number of rotatable bonds is 8. The highest BCUT2D eigenvalue weighted by Gasteiger charge is 2.32. The third-order valence-corrected chi connectivity index (χ3v) is 12.5. The fraction of sp³-hybridized carbons (Fsp3) is 0.140. The molecule has 0 aliphatic heterocycles. The number of hydrogen-bond donors (Lipinski definition) is 0. The number of hydrogen-bond acceptors (Lipinski definition) is 3. The Kier molecular flexibility index (Phi) is 8.50. The van der Waals surface area contributed by atoms with Crippen molar-refractivity contribution in [2.24, 2.45) is 9.74 Å². The summed E-state index contributed by atoms with van der Waals surface area (Å²) in [6.07, 6.45) is 1.95. The monoisotopic (exact) mass is 630 g/mol. The first-order valence-electron chi connectivity index (χ1n) is 16.4. The molecule has 0 N–H and O–H groups in total. The minimum atomic E-state index is -2.64. The van der Waals surface area contributed by atoms with Gasteiger partial charge < -0.3 is 4.42 Å². The molecule has 0 bridgehead atoms. The van der Waals surface area contributed by atoms with E-state index in [0.717, 1.165) is 44.2 Å². The lowest BCUT2D eigenvalue weighted by molar-refractivity contribution is 0.671. The maximum atomic E-state index is 7.02. The molecule has 0 saturated heterocycles. The summed E-state index contributed by atoms with van der Waals surface area (Å²) in [5.41, 5.74) is 7.13. The summed E-state index contributed by atoms with van der Waals surface area (Å²) in [6, 6.07) is 51.4. The van der Waals surface area contributed by atoms with Gasteiger partial charge in [-0.1, -0.05) is 149 Å². The number of fused-ring (bicyclic) bond motifs is 3. The summed E-state index contributed by atoms with van der Waals surface area (Å²) in [5.74, 6) is 0.707. The van der Waals surface area contributed by atoms with Crippen molar-refractivity contribution in [1.82, 2.24) is 0 Å². The highest BCUT2D eigenvalue weighted by molar-refractivity contribution is 7.87. The Morgan fingerprint density at radius 1 is 0.511 bits per heavy atom. The topological polar surface area (TPSA) is 37.9 Å². The first-order chi connectivity index (χ1) is 23.0. The van der Waals surface area contributed by atoms with Gasteiger partial charge in [-0.15, -0.1) is 0 Å². The lowest BCUT2D eigenvalue weighted by Gasteiger charge is -2.27. The van der Waals surface area contributed by atoms with Crippen LogP contribution in [0.4, 0.5) is 11.4 Å². The van der Waals surface area contributed by atoms with Gasteiger partial charge >= 0.3 is 0 Å². The molecular weight excluding hydrogens is 591 g/mol. The van der Waals surface area contributed by atoms with Gasteiger partial charge in [0.15, 0.2) is 0 Å². The number of furan rings is 1. The summed E-state index contributed by atoms with van der Waals surface area (Å²) in [5, 5.41) is 5.63. The van der Waals surface area contributed by atoms with E-state index in [1.807, 2.05) is 12.3 Å². The summed E-state index contributed by atoms with van der Waals surface area (Å²) >= 11 is 0. The molecule has 0 radical (unpaired) electrons. The Labute approximate surface area is 277 Å². The van der Waals surface area contributed by atoms with E-state index in [-0.39, 0.29) is 0 Å². The quantitative estimate of drug-likeness (QED) is 0.122. The number of nitrogens with zero attached hydrogens (tertiary/aromatic N) is 2. The minimum Gasteiger partial charge on any atom is -0.455 e. The van der Waals surface area contributed by atoms with E-state index in [4.69, 9.17) is 14.2 Å². The van der Waals surface area contributed by atoms with Gasteiger partial charge in [0, 0.05) is 38.5 Å². The van der Waals surface area contributed by atoms with Crippen molar-refractivity contribution < 1.29 is 4.42 Å². The van der Waals surface area contributed by atoms with Gasteiger partial charge in [-0.05, 0) is 47.2 Å². The molecule has 7 rings (SSSR count). The van der Waals surface area contributed by atoms with Crippen LogP contribution in [0.3, 0.4) is 0 Å². The van der Waals surface area contributed by atoms with Crippen LogP contribution in [-0.4, -0.2) is 6.21 Å². The molecule has 0 saturated carbocycles. The molecule has 0 amide bonds. The van der Waals surface area contributed by atoms with Crippen LogP contribution in [0.1, 0.15) is 56.2 Å². The summed E-state index contributed by atoms with van der Waals surface area (Å²) in [4.78, 5) is 4.97. The van der Waals surface area contributed by atoms with Crippen LogP contribution in [0.15, 0.2) is 160 Å². The number of para-hydroxylation sites is 3. The van der Waals surface area contributed by atoms with E-state index in [1.165, 1.54) is 21.7 Å². The molecule has 0 aliphatic carbocycles. The van der Waals surface area contributed by atoms with Crippen LogP contribution in [0, 0.1) is 0 Å². The summed E-state index contributed by atoms with van der Waals surface area (Å²) < 4.78 is 12.9. The van der Waals surface area contributed by atoms with E-state index >= 15 is 0 Å². The Bertz CT molecular complexity index is 2220. The fourth-order valence-corrected chi connectivity index (χ4v) is 10.2. The second-order valence-corrected chi connectivity index (χ2v) is 15.6. The molecule has 0 fully saturated rings. The average molecular weight is 631 g/mol. The highest BCUT2D eigenvalue weighted by Crippen LogP contribution is 2.52. The standard InChI is InChI=1S/C43H39N2OP/c1-30(2)35-22-11-13-26-39(35)44-29-32-17-15-24-37-38-25-16-28-41(43(38)46-42(32)37)47(33-18-7-5-8-19-33,34-20-9-6-10-21-34)45-40-27-14-12-23-36(40)31(3)4/h5-31H,1-4H3. The van der Waals surface area contributed by atoms with Crippen molar-refractivity contribution in [3.05, 3.63) is 162 Å². The molecule has 1 heterocycles.